The molecule has 4 nitrogen and oxygen atoms in total. The highest BCUT2D eigenvalue weighted by Gasteiger charge is 2.13. The third kappa shape index (κ3) is 4.98. The summed E-state index contributed by atoms with van der Waals surface area (Å²) >= 11 is 0. The molecule has 3 aromatic rings. The highest BCUT2D eigenvalue weighted by molar-refractivity contribution is 6.16. The molecular weight excluding hydrogens is 336 g/mol. The molecule has 0 unspecified atom stereocenters. The van der Waals surface area contributed by atoms with Gasteiger partial charge in [0, 0.05) is 11.1 Å². The second kappa shape index (κ2) is 8.72. The average molecular weight is 356 g/mol. The van der Waals surface area contributed by atoms with E-state index in [0.29, 0.717) is 16.8 Å². The first kappa shape index (κ1) is 18.3. The SMILES string of the molecule is Cc1cccc(C(=O)NN=C(CC(=O)c2ccccc2)c2ccccc2)c1. The second-order valence-electron chi connectivity index (χ2n) is 6.20. The molecule has 134 valence electrons. The molecule has 0 saturated heterocycles. The van der Waals surface area contributed by atoms with Crippen molar-refractivity contribution in [2.45, 2.75) is 13.3 Å². The molecule has 0 aliphatic rings. The van der Waals surface area contributed by atoms with Crippen LogP contribution in [0.2, 0.25) is 0 Å². The van der Waals surface area contributed by atoms with Gasteiger partial charge in [0.15, 0.2) is 5.78 Å². The van der Waals surface area contributed by atoms with Gasteiger partial charge in [-0.05, 0) is 24.6 Å². The summed E-state index contributed by atoms with van der Waals surface area (Å²) in [6, 6.07) is 25.7. The highest BCUT2D eigenvalue weighted by Crippen LogP contribution is 2.10. The van der Waals surface area contributed by atoms with Crippen molar-refractivity contribution >= 4 is 17.4 Å². The van der Waals surface area contributed by atoms with E-state index in [2.05, 4.69) is 10.5 Å². The molecule has 4 heteroatoms. The van der Waals surface area contributed by atoms with E-state index in [1.165, 1.54) is 0 Å². The van der Waals surface area contributed by atoms with Gasteiger partial charge in [-0.2, -0.15) is 5.10 Å². The molecule has 0 atom stereocenters. The predicted octanol–water partition coefficient (Wildman–Crippen LogP) is 4.40. The minimum atomic E-state index is -0.306. The minimum Gasteiger partial charge on any atom is -0.294 e. The van der Waals surface area contributed by atoms with E-state index < -0.39 is 0 Å². The average Bonchev–Trinajstić information content (AvgIpc) is 2.72. The summed E-state index contributed by atoms with van der Waals surface area (Å²) in [6.07, 6.45) is 0.0993. The van der Waals surface area contributed by atoms with Crippen LogP contribution < -0.4 is 5.43 Å². The van der Waals surface area contributed by atoms with Gasteiger partial charge in [-0.3, -0.25) is 9.59 Å². The Balaban J connectivity index is 1.83. The fraction of sp³-hybridized carbons (Fsp3) is 0.0870. The van der Waals surface area contributed by atoms with Crippen LogP contribution in [0.4, 0.5) is 0 Å². The fourth-order valence-electron chi connectivity index (χ4n) is 2.68. The second-order valence-corrected chi connectivity index (χ2v) is 6.20. The van der Waals surface area contributed by atoms with Gasteiger partial charge in [-0.1, -0.05) is 78.4 Å². The van der Waals surface area contributed by atoms with Crippen molar-refractivity contribution in [2.24, 2.45) is 5.10 Å². The number of nitrogens with one attached hydrogen (secondary N) is 1. The summed E-state index contributed by atoms with van der Waals surface area (Å²) in [5.41, 5.74) is 6.03. The molecule has 0 fully saturated rings. The molecule has 0 aliphatic carbocycles. The first-order chi connectivity index (χ1) is 13.1. The van der Waals surface area contributed by atoms with Crippen LogP contribution in [0.5, 0.6) is 0 Å². The molecule has 1 amide bonds. The quantitative estimate of drug-likeness (QED) is 0.404. The number of Topliss-reactive ketones (excluding diaryl/α,β-unsaturated/α-hetero) is 1. The van der Waals surface area contributed by atoms with E-state index in [9.17, 15) is 9.59 Å². The van der Waals surface area contributed by atoms with Crippen LogP contribution in [-0.4, -0.2) is 17.4 Å². The zero-order valence-electron chi connectivity index (χ0n) is 15.1. The zero-order valence-corrected chi connectivity index (χ0v) is 15.1. The Morgan fingerprint density at radius 2 is 1.37 bits per heavy atom. The van der Waals surface area contributed by atoms with E-state index in [-0.39, 0.29) is 18.1 Å². The maximum absolute atomic E-state index is 12.6. The smallest absolute Gasteiger partial charge is 0.271 e. The number of nitrogens with zero attached hydrogens (tertiary/aromatic N) is 1. The normalized spacial score (nSPS) is 11.1. The van der Waals surface area contributed by atoms with E-state index in [1.54, 1.807) is 24.3 Å². The largest absolute Gasteiger partial charge is 0.294 e. The van der Waals surface area contributed by atoms with Crippen molar-refractivity contribution in [1.82, 2.24) is 5.43 Å². The van der Waals surface area contributed by atoms with Gasteiger partial charge < -0.3 is 0 Å². The van der Waals surface area contributed by atoms with Crippen LogP contribution in [0.25, 0.3) is 0 Å². The number of rotatable bonds is 6. The summed E-state index contributed by atoms with van der Waals surface area (Å²) in [5, 5.41) is 4.26. The van der Waals surface area contributed by atoms with Crippen LogP contribution in [0.3, 0.4) is 0 Å². The summed E-state index contributed by atoms with van der Waals surface area (Å²) < 4.78 is 0. The van der Waals surface area contributed by atoms with Crippen molar-refractivity contribution in [3.05, 3.63) is 107 Å². The Bertz CT molecular complexity index is 964. The van der Waals surface area contributed by atoms with E-state index in [1.807, 2.05) is 67.6 Å². The van der Waals surface area contributed by atoms with Gasteiger partial charge in [-0.25, -0.2) is 5.43 Å². The lowest BCUT2D eigenvalue weighted by Gasteiger charge is -2.08. The molecule has 27 heavy (non-hydrogen) atoms. The Hall–Kier alpha value is -3.53. The van der Waals surface area contributed by atoms with Crippen LogP contribution in [0.1, 0.15) is 38.3 Å². The molecular formula is C23H20N2O2. The number of hydrogen-bond donors (Lipinski definition) is 1. The van der Waals surface area contributed by atoms with Gasteiger partial charge in [0.05, 0.1) is 12.1 Å². The summed E-state index contributed by atoms with van der Waals surface area (Å²) in [4.78, 5) is 25.0. The number of amides is 1. The fourth-order valence-corrected chi connectivity index (χ4v) is 2.68. The van der Waals surface area contributed by atoms with E-state index in [4.69, 9.17) is 0 Å². The molecule has 3 rings (SSSR count). The van der Waals surface area contributed by atoms with Crippen LogP contribution >= 0.6 is 0 Å². The van der Waals surface area contributed by atoms with Crippen molar-refractivity contribution in [1.29, 1.82) is 0 Å². The lowest BCUT2D eigenvalue weighted by atomic mass is 10.0. The predicted molar refractivity (Wildman–Crippen MR) is 107 cm³/mol. The topological polar surface area (TPSA) is 58.5 Å². The van der Waals surface area contributed by atoms with Gasteiger partial charge in [-0.15, -0.1) is 0 Å². The van der Waals surface area contributed by atoms with Crippen molar-refractivity contribution in [3.8, 4) is 0 Å². The Labute approximate surface area is 158 Å². The minimum absolute atomic E-state index is 0.0528. The maximum atomic E-state index is 12.6. The number of carbonyl (C=O) groups is 2. The van der Waals surface area contributed by atoms with E-state index >= 15 is 0 Å². The molecule has 0 aromatic heterocycles. The third-order valence-corrected chi connectivity index (χ3v) is 4.10. The molecule has 0 spiro atoms. The van der Waals surface area contributed by atoms with Crippen LogP contribution in [-0.2, 0) is 0 Å². The highest BCUT2D eigenvalue weighted by atomic mass is 16.2. The number of ketones is 1. The number of hydrogen-bond acceptors (Lipinski definition) is 3. The zero-order chi connectivity index (χ0) is 19.1. The first-order valence-corrected chi connectivity index (χ1v) is 8.71. The number of hydrazone groups is 1. The molecule has 0 bridgehead atoms. The monoisotopic (exact) mass is 356 g/mol. The molecule has 0 aliphatic heterocycles. The summed E-state index contributed by atoms with van der Waals surface area (Å²) in [7, 11) is 0. The molecule has 1 N–H and O–H groups in total. The van der Waals surface area contributed by atoms with Gasteiger partial charge in [0.2, 0.25) is 0 Å². The molecule has 0 radical (unpaired) electrons. The molecule has 0 heterocycles. The van der Waals surface area contributed by atoms with Gasteiger partial charge in [0.25, 0.3) is 5.91 Å². The molecule has 0 saturated carbocycles. The lowest BCUT2D eigenvalue weighted by molar-refractivity contribution is 0.0951. The third-order valence-electron chi connectivity index (χ3n) is 4.10. The van der Waals surface area contributed by atoms with Gasteiger partial charge >= 0.3 is 0 Å². The first-order valence-electron chi connectivity index (χ1n) is 8.71. The number of carbonyl (C=O) groups excluding carboxylic acids is 2. The summed E-state index contributed by atoms with van der Waals surface area (Å²) in [6.45, 7) is 1.92. The van der Waals surface area contributed by atoms with E-state index in [0.717, 1.165) is 11.1 Å². The van der Waals surface area contributed by atoms with Gasteiger partial charge in [0.1, 0.15) is 0 Å². The Kier molecular flexibility index (Phi) is 5.90. The number of aryl methyl sites for hydroxylation is 1. The summed E-state index contributed by atoms with van der Waals surface area (Å²) in [5.74, 6) is -0.359. The van der Waals surface area contributed by atoms with Crippen molar-refractivity contribution in [2.75, 3.05) is 0 Å². The van der Waals surface area contributed by atoms with Crippen LogP contribution in [0.15, 0.2) is 90.0 Å². The lowest BCUT2D eigenvalue weighted by Crippen LogP contribution is -2.21. The Morgan fingerprint density at radius 1 is 0.778 bits per heavy atom. The van der Waals surface area contributed by atoms with Crippen molar-refractivity contribution < 1.29 is 9.59 Å². The molecule has 3 aromatic carbocycles. The Morgan fingerprint density at radius 3 is 2.00 bits per heavy atom. The van der Waals surface area contributed by atoms with Crippen LogP contribution in [0, 0.1) is 6.92 Å². The van der Waals surface area contributed by atoms with Crippen molar-refractivity contribution in [3.63, 3.8) is 0 Å². The number of benzene rings is 3. The standard InChI is InChI=1S/C23H20N2O2/c1-17-9-8-14-20(15-17)23(27)25-24-21(18-10-4-2-5-11-18)16-22(26)19-12-6-3-7-13-19/h2-15H,16H2,1H3,(H,25,27). The maximum Gasteiger partial charge on any atom is 0.271 e.